The van der Waals surface area contributed by atoms with E-state index < -0.39 is 6.10 Å². The lowest BCUT2D eigenvalue weighted by Gasteiger charge is -2.58. The van der Waals surface area contributed by atoms with E-state index in [1.54, 1.807) is 5.57 Å². The van der Waals surface area contributed by atoms with Crippen LogP contribution in [-0.2, 0) is 28.1 Å². The minimum atomic E-state index is -0.489. The highest BCUT2D eigenvalue weighted by Gasteiger charge is 2.60. The Kier molecular flexibility index (Phi) is 18.6. The van der Waals surface area contributed by atoms with E-state index in [1.165, 1.54) is 83.5 Å². The van der Waals surface area contributed by atoms with Crippen LogP contribution in [0.4, 0.5) is 0 Å². The summed E-state index contributed by atoms with van der Waals surface area (Å²) in [5, 5.41) is 8.76. The van der Waals surface area contributed by atoms with Crippen molar-refractivity contribution in [3.8, 4) is 0 Å². The van der Waals surface area contributed by atoms with E-state index in [9.17, 15) is 4.79 Å². The summed E-state index contributed by atoms with van der Waals surface area (Å²) in [7, 11) is 0. The van der Waals surface area contributed by atoms with Gasteiger partial charge in [-0.05, 0) is 113 Å². The number of allylic oxidation sites excluding steroid dienone is 2. The normalized spacial score (nSPS) is 31.4. The molecule has 7 nitrogen and oxygen atoms in total. The van der Waals surface area contributed by atoms with Crippen LogP contribution < -0.4 is 0 Å². The Morgan fingerprint density at radius 3 is 2.47 bits per heavy atom. The van der Waals surface area contributed by atoms with Crippen molar-refractivity contribution in [3.63, 3.8) is 0 Å². The molecule has 292 valence electrons. The average molecular weight is 733 g/mol. The van der Waals surface area contributed by atoms with Gasteiger partial charge in [0.2, 0.25) is 0 Å². The summed E-state index contributed by atoms with van der Waals surface area (Å²) in [5.41, 5.74) is 2.05. The second-order valence-corrected chi connectivity index (χ2v) is 16.9. The molecule has 0 heterocycles. The standard InChI is InChI=1S/C43H72O7S/c1-5-7-8-17-20-41(44)49-40-24-23-38-37-22-21-33-30-35(25-27-42(33,3)39(37)26-28-43(38,40)4)48-34(6-2)19-16-14-12-10-9-11-13-15-18-29-46-31-36(50-45)32-47-51/h6,16,19,30,34-40,45,51H,2,5,7-15,17-18,20-29,31-32H2,1,3-4H3/b19-16-/t34?,35?,36?,37-,38-,39-,40-,42-,43-/m0/s1. The molecule has 0 aliphatic heterocycles. The predicted molar refractivity (Wildman–Crippen MR) is 209 cm³/mol. The first-order chi connectivity index (χ1) is 24.8. The Morgan fingerprint density at radius 1 is 0.961 bits per heavy atom. The summed E-state index contributed by atoms with van der Waals surface area (Å²) in [5.74, 6) is 2.19. The first-order valence-electron chi connectivity index (χ1n) is 20.8. The van der Waals surface area contributed by atoms with Crippen molar-refractivity contribution >= 4 is 18.9 Å². The second-order valence-electron chi connectivity index (χ2n) is 16.6. The number of thiol groups is 1. The smallest absolute Gasteiger partial charge is 0.306 e. The Hall–Kier alpha value is -1.16. The second kappa shape index (κ2) is 22.3. The van der Waals surface area contributed by atoms with E-state index in [0.29, 0.717) is 25.6 Å². The molecule has 0 saturated heterocycles. The first-order valence-corrected chi connectivity index (χ1v) is 21.1. The molecule has 3 unspecified atom stereocenters. The van der Waals surface area contributed by atoms with Gasteiger partial charge < -0.3 is 18.4 Å². The van der Waals surface area contributed by atoms with Gasteiger partial charge in [-0.15, -0.1) is 6.58 Å². The van der Waals surface area contributed by atoms with Crippen LogP contribution in [0.25, 0.3) is 0 Å². The molecule has 3 fully saturated rings. The van der Waals surface area contributed by atoms with Gasteiger partial charge in [-0.2, -0.15) is 0 Å². The molecule has 0 spiro atoms. The summed E-state index contributed by atoms with van der Waals surface area (Å²) in [6.45, 7) is 12.5. The Balaban J connectivity index is 1.13. The van der Waals surface area contributed by atoms with Crippen molar-refractivity contribution in [3.05, 3.63) is 36.5 Å². The highest BCUT2D eigenvalue weighted by Crippen LogP contribution is 2.66. The van der Waals surface area contributed by atoms with Gasteiger partial charge in [0, 0.05) is 18.4 Å². The molecule has 4 aliphatic carbocycles. The molecule has 0 aromatic carbocycles. The average Bonchev–Trinajstić information content (AvgIpc) is 3.46. The van der Waals surface area contributed by atoms with E-state index in [4.69, 9.17) is 19.5 Å². The topological polar surface area (TPSA) is 83.5 Å². The zero-order chi connectivity index (χ0) is 36.5. The van der Waals surface area contributed by atoms with Crippen molar-refractivity contribution in [2.75, 3.05) is 19.8 Å². The molecule has 4 rings (SSSR count). The number of unbranched alkanes of at least 4 members (excludes halogenated alkanes) is 10. The summed E-state index contributed by atoms with van der Waals surface area (Å²) in [6, 6.07) is 0. The molecule has 0 amide bonds. The van der Waals surface area contributed by atoms with E-state index >= 15 is 0 Å². The maximum Gasteiger partial charge on any atom is 0.306 e. The maximum atomic E-state index is 12.8. The number of hydrogen-bond acceptors (Lipinski definition) is 8. The lowest BCUT2D eigenvalue weighted by Crippen LogP contribution is -2.52. The number of rotatable bonds is 25. The number of hydrogen-bond donors (Lipinski definition) is 2. The zero-order valence-electron chi connectivity index (χ0n) is 32.4. The number of fused-ring (bicyclic) bond motifs is 5. The Bertz CT molecular complexity index is 1090. The van der Waals surface area contributed by atoms with Gasteiger partial charge in [-0.25, -0.2) is 4.89 Å². The lowest BCUT2D eigenvalue weighted by molar-refractivity contribution is -0.291. The molecule has 0 aromatic heterocycles. The van der Waals surface area contributed by atoms with Crippen molar-refractivity contribution in [1.82, 2.24) is 0 Å². The molecule has 0 bridgehead atoms. The summed E-state index contributed by atoms with van der Waals surface area (Å²) in [6.07, 6.45) is 32.7. The van der Waals surface area contributed by atoms with Crippen LogP contribution in [0.2, 0.25) is 0 Å². The third-order valence-corrected chi connectivity index (χ3v) is 13.4. The van der Waals surface area contributed by atoms with Gasteiger partial charge >= 0.3 is 5.97 Å². The molecular weight excluding hydrogens is 661 g/mol. The van der Waals surface area contributed by atoms with Crippen LogP contribution in [-0.4, -0.2) is 55.5 Å². The van der Waals surface area contributed by atoms with Gasteiger partial charge in [-0.3, -0.25) is 10.1 Å². The highest BCUT2D eigenvalue weighted by molar-refractivity contribution is 7.75. The van der Waals surface area contributed by atoms with Crippen LogP contribution in [0.15, 0.2) is 36.5 Å². The molecule has 4 aliphatic rings. The third-order valence-electron chi connectivity index (χ3n) is 13.3. The summed E-state index contributed by atoms with van der Waals surface area (Å²) >= 11 is 3.67. The van der Waals surface area contributed by atoms with Crippen LogP contribution in [0, 0.1) is 28.6 Å². The molecule has 51 heavy (non-hydrogen) atoms. The van der Waals surface area contributed by atoms with Crippen molar-refractivity contribution in [1.29, 1.82) is 0 Å². The van der Waals surface area contributed by atoms with Crippen molar-refractivity contribution in [2.24, 2.45) is 28.6 Å². The molecule has 1 N–H and O–H groups in total. The van der Waals surface area contributed by atoms with E-state index in [0.717, 1.165) is 56.8 Å². The summed E-state index contributed by atoms with van der Waals surface area (Å²) in [4.78, 5) is 17.0. The molecule has 3 saturated carbocycles. The molecule has 0 aromatic rings. The number of carbonyl (C=O) groups excluding carboxylic acids is 1. The van der Waals surface area contributed by atoms with Crippen LogP contribution in [0.1, 0.15) is 156 Å². The number of esters is 1. The fraction of sp³-hybridized carbons (Fsp3) is 0.837. The van der Waals surface area contributed by atoms with E-state index in [2.05, 4.69) is 67.6 Å². The van der Waals surface area contributed by atoms with E-state index in [-0.39, 0.29) is 41.7 Å². The fourth-order valence-corrected chi connectivity index (χ4v) is 10.4. The summed E-state index contributed by atoms with van der Waals surface area (Å²) < 4.78 is 23.0. The Morgan fingerprint density at radius 2 is 1.73 bits per heavy atom. The first kappa shape index (κ1) is 42.6. The van der Waals surface area contributed by atoms with Gasteiger partial charge in [0.15, 0.2) is 0 Å². The Labute approximate surface area is 316 Å². The van der Waals surface area contributed by atoms with E-state index in [1.807, 2.05) is 6.08 Å². The maximum absolute atomic E-state index is 12.8. The minimum Gasteiger partial charge on any atom is -0.462 e. The minimum absolute atomic E-state index is 0.0381. The fourth-order valence-electron chi connectivity index (χ4n) is 10.2. The number of ether oxygens (including phenoxy) is 3. The number of carbonyl (C=O) groups is 1. The molecule has 0 radical (unpaired) electrons. The molecule has 9 atom stereocenters. The monoisotopic (exact) mass is 732 g/mol. The van der Waals surface area contributed by atoms with Gasteiger partial charge in [-0.1, -0.05) is 102 Å². The quantitative estimate of drug-likeness (QED) is 0.0184. The van der Waals surface area contributed by atoms with Crippen LogP contribution in [0.3, 0.4) is 0 Å². The lowest BCUT2D eigenvalue weighted by atomic mass is 9.47. The van der Waals surface area contributed by atoms with Crippen molar-refractivity contribution < 1.29 is 33.3 Å². The predicted octanol–water partition coefficient (Wildman–Crippen LogP) is 11.2. The molecular formula is C43H72O7S. The van der Waals surface area contributed by atoms with Gasteiger partial charge in [0.1, 0.15) is 12.2 Å². The zero-order valence-corrected chi connectivity index (χ0v) is 33.3. The SMILES string of the molecule is C=CC(/C=C\CCCCCCCCCOCC(COS)OO)OC1C=C2CC[C@H]3[C@@H]4CC[C@H](OC(=O)CCCCCC)[C@@]4(C)CC[C@@H]3[C@@]2(C)CC1. The largest absolute Gasteiger partial charge is 0.462 e. The highest BCUT2D eigenvalue weighted by atomic mass is 32.1. The third kappa shape index (κ3) is 12.2. The van der Waals surface area contributed by atoms with Gasteiger partial charge in [0.05, 0.1) is 25.4 Å². The van der Waals surface area contributed by atoms with Crippen LogP contribution >= 0.6 is 12.9 Å². The van der Waals surface area contributed by atoms with Crippen LogP contribution in [0.5, 0.6) is 0 Å². The van der Waals surface area contributed by atoms with Gasteiger partial charge in [0.25, 0.3) is 0 Å². The van der Waals surface area contributed by atoms with Crippen molar-refractivity contribution in [2.45, 2.75) is 180 Å². The molecule has 8 heteroatoms.